The molecule has 12 heteroatoms. The number of aliphatic hydroxyl groups excluding tert-OH is 4. The molecule has 0 aliphatic heterocycles. The van der Waals surface area contributed by atoms with Crippen LogP contribution in [0.5, 0.6) is 0 Å². The van der Waals surface area contributed by atoms with Crippen molar-refractivity contribution in [2.45, 2.75) is 48.7 Å². The van der Waals surface area contributed by atoms with E-state index >= 15 is 0 Å². The smallest absolute Gasteiger partial charge is 0.243 e. The van der Waals surface area contributed by atoms with Crippen molar-refractivity contribution in [2.75, 3.05) is 26.4 Å². The van der Waals surface area contributed by atoms with E-state index in [0.29, 0.717) is 0 Å². The lowest BCUT2D eigenvalue weighted by molar-refractivity contribution is -0.118. The van der Waals surface area contributed by atoms with Crippen LogP contribution in [0.3, 0.4) is 0 Å². The number of aliphatic hydroxyl groups is 4. The lowest BCUT2D eigenvalue weighted by Crippen LogP contribution is -2.55. The van der Waals surface area contributed by atoms with E-state index in [1.807, 2.05) is 0 Å². The first-order valence-electron chi connectivity index (χ1n) is 11.9. The van der Waals surface area contributed by atoms with Crippen LogP contribution < -0.4 is 16.0 Å². The van der Waals surface area contributed by atoms with E-state index in [9.17, 15) is 39.6 Å². The molecule has 208 valence electrons. The van der Waals surface area contributed by atoms with E-state index in [2.05, 4.69) is 42.3 Å². The van der Waals surface area contributed by atoms with Gasteiger partial charge in [0.1, 0.15) is 0 Å². The van der Waals surface area contributed by atoms with Gasteiger partial charge in [0.25, 0.3) is 0 Å². The Bertz CT molecular complexity index is 686. The van der Waals surface area contributed by atoms with Crippen molar-refractivity contribution in [3.8, 4) is 0 Å². The van der Waals surface area contributed by atoms with Crippen molar-refractivity contribution in [1.29, 1.82) is 0 Å². The molecule has 0 saturated heterocycles. The molecule has 0 rings (SSSR count). The maximum atomic E-state index is 12.1. The zero-order valence-corrected chi connectivity index (χ0v) is 22.2. The first-order valence-corrected chi connectivity index (χ1v) is 14.8. The molecule has 0 aromatic carbocycles. The molecule has 0 aliphatic carbocycles. The Morgan fingerprint density at radius 3 is 1.19 bits per heavy atom. The number of carbonyl (C=O) groups is 4. The van der Waals surface area contributed by atoms with E-state index in [1.54, 1.807) is 0 Å². The molecule has 4 atom stereocenters. The fourth-order valence-electron chi connectivity index (χ4n) is 4.51. The molecular formula is C25H41N3O8Si. The van der Waals surface area contributed by atoms with Gasteiger partial charge in [-0.25, -0.2) is 0 Å². The Hall–Kier alpha value is -2.90. The number of allylic oxidation sites excluding steroid dienone is 1. The third-order valence-electron chi connectivity index (χ3n) is 5.99. The third-order valence-corrected chi connectivity index (χ3v) is 11.5. The molecule has 37 heavy (non-hydrogen) atoms. The number of hydrogen-bond donors (Lipinski definition) is 7. The summed E-state index contributed by atoms with van der Waals surface area (Å²) in [4.78, 5) is 48.2. The highest BCUT2D eigenvalue weighted by molar-refractivity contribution is 6.80. The number of carbonyl (C=O) groups excluding carboxylic acids is 4. The van der Waals surface area contributed by atoms with E-state index in [1.165, 1.54) is 0 Å². The predicted molar refractivity (Wildman–Crippen MR) is 143 cm³/mol. The van der Waals surface area contributed by atoms with Gasteiger partial charge in [-0.1, -0.05) is 32.4 Å². The van der Waals surface area contributed by atoms with Crippen LogP contribution in [0.25, 0.3) is 0 Å². The molecule has 0 heterocycles. The summed E-state index contributed by atoms with van der Waals surface area (Å²) in [7, 11) is -3.02. The number of rotatable bonds is 21. The summed E-state index contributed by atoms with van der Waals surface area (Å²) in [5, 5.41) is 48.2. The van der Waals surface area contributed by atoms with Crippen LogP contribution in [0.1, 0.15) is 6.42 Å². The van der Waals surface area contributed by atoms with Gasteiger partial charge in [-0.15, -0.1) is 0 Å². The molecule has 7 N–H and O–H groups in total. The van der Waals surface area contributed by atoms with Gasteiger partial charge in [0.15, 0.2) is 5.78 Å². The Kier molecular flexibility index (Phi) is 16.9. The zero-order chi connectivity index (χ0) is 28.4. The fourth-order valence-corrected chi connectivity index (χ4v) is 10.8. The normalized spacial score (nSPS) is 15.6. The summed E-state index contributed by atoms with van der Waals surface area (Å²) in [6, 6.07) is -1.50. The highest BCUT2D eigenvalue weighted by Crippen LogP contribution is 2.35. The second-order valence-corrected chi connectivity index (χ2v) is 13.6. The molecule has 0 bridgehead atoms. The summed E-state index contributed by atoms with van der Waals surface area (Å²) in [6.07, 6.45) is 4.27. The van der Waals surface area contributed by atoms with Crippen LogP contribution in [0.4, 0.5) is 0 Å². The number of nitrogens with one attached hydrogen (secondary N) is 3. The summed E-state index contributed by atoms with van der Waals surface area (Å²) in [6.45, 7) is 12.0. The average molecular weight is 540 g/mol. The number of hydrogen-bond acceptors (Lipinski definition) is 8. The molecular weight excluding hydrogens is 498 g/mol. The van der Waals surface area contributed by atoms with Gasteiger partial charge in [0, 0.05) is 31.2 Å². The Morgan fingerprint density at radius 1 is 0.595 bits per heavy atom. The first-order chi connectivity index (χ1) is 17.5. The topological polar surface area (TPSA) is 185 Å². The molecule has 4 unspecified atom stereocenters. The molecule has 0 fully saturated rings. The first kappa shape index (κ1) is 34.1. The van der Waals surface area contributed by atoms with Gasteiger partial charge < -0.3 is 36.4 Å². The third kappa shape index (κ3) is 13.3. The molecule has 0 aromatic rings. The van der Waals surface area contributed by atoms with Gasteiger partial charge in [0.05, 0.1) is 27.9 Å². The molecule has 0 aliphatic rings. The van der Waals surface area contributed by atoms with Crippen LogP contribution in [0.2, 0.25) is 24.2 Å². The summed E-state index contributed by atoms with van der Waals surface area (Å²) < 4.78 is 0. The highest BCUT2D eigenvalue weighted by Gasteiger charge is 2.42. The van der Waals surface area contributed by atoms with E-state index in [-0.39, 0.29) is 43.0 Å². The minimum Gasteiger partial charge on any atom is -0.396 e. The van der Waals surface area contributed by atoms with Gasteiger partial charge in [-0.2, -0.15) is 0 Å². The van der Waals surface area contributed by atoms with Crippen molar-refractivity contribution < 1.29 is 39.6 Å². The Morgan fingerprint density at radius 2 is 0.946 bits per heavy atom. The second-order valence-electron chi connectivity index (χ2n) is 9.02. The average Bonchev–Trinajstić information content (AvgIpc) is 2.90. The number of amides is 3. The quantitative estimate of drug-likeness (QED) is 0.0728. The van der Waals surface area contributed by atoms with Crippen LogP contribution in [0, 0.1) is 5.92 Å². The SMILES string of the molecule is C=CC(=O)CC(CO)C[Si](CC(CO)NC(=O)C=C)(CC(CO)NC(=O)C=C)CC(CO)NC(=O)C=C. The second kappa shape index (κ2) is 18.4. The largest absolute Gasteiger partial charge is 0.396 e. The Labute approximate surface area is 219 Å². The van der Waals surface area contributed by atoms with Crippen molar-refractivity contribution in [1.82, 2.24) is 16.0 Å². The monoisotopic (exact) mass is 539 g/mol. The van der Waals surface area contributed by atoms with Crippen LogP contribution >= 0.6 is 0 Å². The lowest BCUT2D eigenvalue weighted by atomic mass is 10.1. The fraction of sp³-hybridized carbons (Fsp3) is 0.520. The molecule has 0 radical (unpaired) electrons. The standard InChI is InChI=1S/C25H41N3O8Si/c1-5-22(33)9-18(10-29)14-37(15-19(11-30)26-23(34)6-2,16-20(12-31)27-24(35)7-3)17-21(13-32)28-25(36)8-4/h5-8,18-21,29-32H,1-4,9-17H2,(H,26,34)(H,27,35)(H,28,36). The molecule has 0 spiro atoms. The molecule has 11 nitrogen and oxygen atoms in total. The maximum absolute atomic E-state index is 12.1. The van der Waals surface area contributed by atoms with Crippen molar-refractivity contribution in [3.05, 3.63) is 50.6 Å². The predicted octanol–water partition coefficient (Wildman–Crippen LogP) is -0.822. The summed E-state index contributed by atoms with van der Waals surface area (Å²) in [5.41, 5.74) is 0. The molecule has 0 aromatic heterocycles. The zero-order valence-electron chi connectivity index (χ0n) is 21.2. The van der Waals surface area contributed by atoms with Crippen LogP contribution in [0.15, 0.2) is 50.6 Å². The van der Waals surface area contributed by atoms with Crippen LogP contribution in [-0.4, -0.2) is 96.6 Å². The summed E-state index contributed by atoms with van der Waals surface area (Å²) >= 11 is 0. The molecule has 3 amide bonds. The lowest BCUT2D eigenvalue weighted by Gasteiger charge is -2.41. The highest BCUT2D eigenvalue weighted by atomic mass is 28.3. The van der Waals surface area contributed by atoms with E-state index in [4.69, 9.17) is 0 Å². The van der Waals surface area contributed by atoms with E-state index in [0.717, 1.165) is 24.3 Å². The van der Waals surface area contributed by atoms with Gasteiger partial charge >= 0.3 is 0 Å². The minimum absolute atomic E-state index is 0.0246. The van der Waals surface area contributed by atoms with Crippen molar-refractivity contribution in [3.63, 3.8) is 0 Å². The summed E-state index contributed by atoms with van der Waals surface area (Å²) in [5.74, 6) is -2.42. The molecule has 0 saturated carbocycles. The van der Waals surface area contributed by atoms with Crippen molar-refractivity contribution in [2.24, 2.45) is 5.92 Å². The van der Waals surface area contributed by atoms with Crippen LogP contribution in [-0.2, 0) is 19.2 Å². The maximum Gasteiger partial charge on any atom is 0.243 e. The van der Waals surface area contributed by atoms with Gasteiger partial charge in [0.2, 0.25) is 17.7 Å². The van der Waals surface area contributed by atoms with Gasteiger partial charge in [-0.3, -0.25) is 19.2 Å². The van der Waals surface area contributed by atoms with Crippen molar-refractivity contribution >= 4 is 31.6 Å². The minimum atomic E-state index is -3.02. The Balaban J connectivity index is 6.66. The van der Waals surface area contributed by atoms with Gasteiger partial charge in [-0.05, 0) is 48.4 Å². The number of ketones is 1. The van der Waals surface area contributed by atoms with E-state index < -0.39 is 69.7 Å².